The number of hydrogen-bond donors (Lipinski definition) is 0. The van der Waals surface area contributed by atoms with Crippen molar-refractivity contribution >= 4 is 17.2 Å². The number of rotatable bonds is 4. The van der Waals surface area contributed by atoms with Crippen molar-refractivity contribution < 1.29 is 9.21 Å². The molecule has 0 aromatic carbocycles. The first-order chi connectivity index (χ1) is 11.5. The smallest absolute Gasteiger partial charge is 0.307 e. The van der Waals surface area contributed by atoms with Crippen LogP contribution in [-0.4, -0.2) is 21.9 Å². The third-order valence-electron chi connectivity index (χ3n) is 4.81. The van der Waals surface area contributed by atoms with Gasteiger partial charge in [0.2, 0.25) is 5.91 Å². The van der Waals surface area contributed by atoms with Crippen molar-refractivity contribution in [3.8, 4) is 0 Å². The number of amides is 1. The molecule has 0 radical (unpaired) electrons. The molecule has 2 aromatic heterocycles. The van der Waals surface area contributed by atoms with E-state index >= 15 is 0 Å². The van der Waals surface area contributed by atoms with E-state index in [9.17, 15) is 9.59 Å². The summed E-state index contributed by atoms with van der Waals surface area (Å²) in [5.74, 6) is 2.35. The SMILES string of the molecule is CCc1ccc([C@H]2C[C@H](C)CCN2C(=O)Cn2c(C)csc2=O)o1. The van der Waals surface area contributed by atoms with E-state index in [4.69, 9.17) is 4.42 Å². The number of aromatic nitrogens is 1. The number of hydrogen-bond acceptors (Lipinski definition) is 4. The Kier molecular flexibility index (Phi) is 4.94. The van der Waals surface area contributed by atoms with Crippen LogP contribution in [0.3, 0.4) is 0 Å². The van der Waals surface area contributed by atoms with Gasteiger partial charge in [0.1, 0.15) is 18.1 Å². The highest BCUT2D eigenvalue weighted by Gasteiger charge is 2.33. The van der Waals surface area contributed by atoms with Crippen molar-refractivity contribution in [2.75, 3.05) is 6.54 Å². The third-order valence-corrected chi connectivity index (χ3v) is 5.70. The van der Waals surface area contributed by atoms with Gasteiger partial charge in [-0.2, -0.15) is 0 Å². The third kappa shape index (κ3) is 3.34. The fourth-order valence-corrected chi connectivity index (χ4v) is 4.03. The van der Waals surface area contributed by atoms with Crippen LogP contribution in [0.1, 0.15) is 49.9 Å². The lowest BCUT2D eigenvalue weighted by Gasteiger charge is -2.37. The summed E-state index contributed by atoms with van der Waals surface area (Å²) in [6.45, 7) is 6.96. The average Bonchev–Trinajstić information content (AvgIpc) is 3.16. The van der Waals surface area contributed by atoms with E-state index in [2.05, 4.69) is 13.8 Å². The first kappa shape index (κ1) is 17.0. The highest BCUT2D eigenvalue weighted by molar-refractivity contribution is 7.07. The summed E-state index contributed by atoms with van der Waals surface area (Å²) >= 11 is 1.14. The van der Waals surface area contributed by atoms with Gasteiger partial charge in [-0.05, 0) is 37.8 Å². The summed E-state index contributed by atoms with van der Waals surface area (Å²) in [5, 5.41) is 1.80. The van der Waals surface area contributed by atoms with E-state index in [1.807, 2.05) is 24.0 Å². The molecule has 0 unspecified atom stereocenters. The lowest BCUT2D eigenvalue weighted by molar-refractivity contribution is -0.137. The molecule has 3 heterocycles. The summed E-state index contributed by atoms with van der Waals surface area (Å²) in [7, 11) is 0. The fraction of sp³-hybridized carbons (Fsp3) is 0.556. The lowest BCUT2D eigenvalue weighted by atomic mass is 9.91. The van der Waals surface area contributed by atoms with E-state index < -0.39 is 0 Å². The Bertz CT molecular complexity index is 773. The quantitative estimate of drug-likeness (QED) is 0.851. The molecule has 3 rings (SSSR count). The minimum absolute atomic E-state index is 0.00931. The van der Waals surface area contributed by atoms with Crippen LogP contribution in [0.4, 0.5) is 0 Å². The van der Waals surface area contributed by atoms with Gasteiger partial charge in [-0.15, -0.1) is 0 Å². The molecule has 2 aromatic rings. The molecule has 1 amide bonds. The Balaban J connectivity index is 1.83. The van der Waals surface area contributed by atoms with E-state index in [0.717, 1.165) is 47.8 Å². The van der Waals surface area contributed by atoms with Gasteiger partial charge in [0.05, 0.1) is 6.04 Å². The summed E-state index contributed by atoms with van der Waals surface area (Å²) in [5.41, 5.74) is 0.839. The zero-order valence-electron chi connectivity index (χ0n) is 14.4. The molecule has 1 aliphatic rings. The molecule has 0 bridgehead atoms. The van der Waals surface area contributed by atoms with Crippen molar-refractivity contribution in [3.63, 3.8) is 0 Å². The van der Waals surface area contributed by atoms with Crippen LogP contribution in [-0.2, 0) is 17.8 Å². The zero-order chi connectivity index (χ0) is 17.3. The molecular formula is C18H24N2O3S. The molecule has 0 N–H and O–H groups in total. The van der Waals surface area contributed by atoms with E-state index in [1.165, 1.54) is 0 Å². The first-order valence-corrected chi connectivity index (χ1v) is 9.40. The molecule has 0 spiro atoms. The molecule has 5 nitrogen and oxygen atoms in total. The van der Waals surface area contributed by atoms with E-state index in [1.54, 1.807) is 9.95 Å². The molecule has 1 saturated heterocycles. The Hall–Kier alpha value is -1.82. The molecule has 24 heavy (non-hydrogen) atoms. The van der Waals surface area contributed by atoms with Crippen molar-refractivity contribution in [3.05, 3.63) is 44.4 Å². The number of aryl methyl sites for hydroxylation is 2. The normalized spacial score (nSPS) is 21.2. The van der Waals surface area contributed by atoms with Crippen LogP contribution < -0.4 is 4.87 Å². The van der Waals surface area contributed by atoms with Crippen LogP contribution in [0.2, 0.25) is 0 Å². The largest absolute Gasteiger partial charge is 0.464 e. The molecule has 2 atom stereocenters. The Morgan fingerprint density at radius 2 is 2.21 bits per heavy atom. The highest BCUT2D eigenvalue weighted by Crippen LogP contribution is 2.35. The van der Waals surface area contributed by atoms with Gasteiger partial charge in [-0.1, -0.05) is 25.2 Å². The second-order valence-corrected chi connectivity index (χ2v) is 7.44. The second kappa shape index (κ2) is 6.97. The monoisotopic (exact) mass is 348 g/mol. The number of likely N-dealkylation sites (tertiary alicyclic amines) is 1. The molecule has 6 heteroatoms. The number of furan rings is 1. The minimum Gasteiger partial charge on any atom is -0.464 e. The van der Waals surface area contributed by atoms with Crippen LogP contribution in [0.5, 0.6) is 0 Å². The maximum atomic E-state index is 12.9. The van der Waals surface area contributed by atoms with Crippen LogP contribution in [0, 0.1) is 12.8 Å². The Morgan fingerprint density at radius 3 is 2.83 bits per heavy atom. The molecule has 1 aliphatic heterocycles. The van der Waals surface area contributed by atoms with Crippen LogP contribution in [0.25, 0.3) is 0 Å². The predicted molar refractivity (Wildman–Crippen MR) is 94.3 cm³/mol. The molecule has 0 saturated carbocycles. The number of carbonyl (C=O) groups is 1. The lowest BCUT2D eigenvalue weighted by Crippen LogP contribution is -2.43. The van der Waals surface area contributed by atoms with E-state index in [-0.39, 0.29) is 23.4 Å². The summed E-state index contributed by atoms with van der Waals surface area (Å²) in [4.78, 5) is 26.6. The zero-order valence-corrected chi connectivity index (χ0v) is 15.3. The van der Waals surface area contributed by atoms with Crippen molar-refractivity contribution in [1.82, 2.24) is 9.47 Å². The van der Waals surface area contributed by atoms with Crippen molar-refractivity contribution in [2.45, 2.75) is 52.6 Å². The van der Waals surface area contributed by atoms with Gasteiger partial charge in [0, 0.05) is 24.0 Å². The topological polar surface area (TPSA) is 55.5 Å². The summed E-state index contributed by atoms with van der Waals surface area (Å²) in [6.07, 6.45) is 2.74. The van der Waals surface area contributed by atoms with Crippen molar-refractivity contribution in [1.29, 1.82) is 0 Å². The van der Waals surface area contributed by atoms with Crippen molar-refractivity contribution in [2.24, 2.45) is 5.92 Å². The maximum Gasteiger partial charge on any atom is 0.307 e. The number of piperidine rings is 1. The average molecular weight is 348 g/mol. The van der Waals surface area contributed by atoms with Gasteiger partial charge >= 0.3 is 4.87 Å². The van der Waals surface area contributed by atoms with Gasteiger partial charge in [0.25, 0.3) is 0 Å². The standard InChI is InChI=1S/C18H24N2O3S/c1-4-14-5-6-16(23-14)15-9-12(2)7-8-19(15)17(21)10-20-13(3)11-24-18(20)22/h5-6,11-12,15H,4,7-10H2,1-3H3/t12-,15-/m1/s1. The van der Waals surface area contributed by atoms with Gasteiger partial charge in [-0.3, -0.25) is 14.2 Å². The maximum absolute atomic E-state index is 12.9. The van der Waals surface area contributed by atoms with Crippen LogP contribution in [0.15, 0.2) is 26.7 Å². The Morgan fingerprint density at radius 1 is 1.42 bits per heavy atom. The Labute approximate surface area is 145 Å². The summed E-state index contributed by atoms with van der Waals surface area (Å²) in [6, 6.07) is 3.95. The molecule has 130 valence electrons. The first-order valence-electron chi connectivity index (χ1n) is 8.52. The fourth-order valence-electron chi connectivity index (χ4n) is 3.30. The van der Waals surface area contributed by atoms with Crippen LogP contribution >= 0.6 is 11.3 Å². The van der Waals surface area contributed by atoms with Gasteiger partial charge in [0.15, 0.2) is 0 Å². The van der Waals surface area contributed by atoms with Gasteiger partial charge < -0.3 is 9.32 Å². The van der Waals surface area contributed by atoms with E-state index in [0.29, 0.717) is 12.5 Å². The predicted octanol–water partition coefficient (Wildman–Crippen LogP) is 3.37. The molecule has 0 aliphatic carbocycles. The molecular weight excluding hydrogens is 324 g/mol. The minimum atomic E-state index is -0.0750. The molecule has 1 fully saturated rings. The number of thiazole rings is 1. The number of carbonyl (C=O) groups excluding carboxylic acids is 1. The second-order valence-electron chi connectivity index (χ2n) is 6.62. The highest BCUT2D eigenvalue weighted by atomic mass is 32.1. The summed E-state index contributed by atoms with van der Waals surface area (Å²) < 4.78 is 7.48. The number of nitrogens with zero attached hydrogens (tertiary/aromatic N) is 2. The van der Waals surface area contributed by atoms with Gasteiger partial charge in [-0.25, -0.2) is 0 Å².